The molecule has 4 nitrogen and oxygen atoms in total. The number of fused-ring (bicyclic) bond motifs is 1. The lowest BCUT2D eigenvalue weighted by atomic mass is 10.1. The molecule has 0 spiro atoms. The Morgan fingerprint density at radius 2 is 2.00 bits per heavy atom. The van der Waals surface area contributed by atoms with Crippen molar-refractivity contribution in [1.29, 1.82) is 0 Å². The summed E-state index contributed by atoms with van der Waals surface area (Å²) in [6.07, 6.45) is 3.99. The van der Waals surface area contributed by atoms with Crippen LogP contribution in [0.3, 0.4) is 0 Å². The predicted molar refractivity (Wildman–Crippen MR) is 82.3 cm³/mol. The Bertz CT molecular complexity index is 568. The van der Waals surface area contributed by atoms with Crippen molar-refractivity contribution in [3.8, 4) is 0 Å². The summed E-state index contributed by atoms with van der Waals surface area (Å²) in [6, 6.07) is 8.98. The molecular weight excluding hydrogens is 262 g/mol. The molecule has 1 aromatic heterocycles. The van der Waals surface area contributed by atoms with Crippen molar-refractivity contribution in [1.82, 2.24) is 15.5 Å². The average Bonchev–Trinajstić information content (AvgIpc) is 3.10. The maximum Gasteiger partial charge on any atom is 0.228 e. The van der Waals surface area contributed by atoms with Gasteiger partial charge < -0.3 is 9.84 Å². The van der Waals surface area contributed by atoms with E-state index in [-0.39, 0.29) is 0 Å². The van der Waals surface area contributed by atoms with Gasteiger partial charge in [-0.1, -0.05) is 36.3 Å². The van der Waals surface area contributed by atoms with Crippen LogP contribution in [-0.2, 0) is 19.3 Å². The second-order valence-corrected chi connectivity index (χ2v) is 5.98. The first-order chi connectivity index (χ1) is 10.3. The zero-order chi connectivity index (χ0) is 14.7. The van der Waals surface area contributed by atoms with Crippen LogP contribution in [0.4, 0.5) is 0 Å². The first-order valence-corrected chi connectivity index (χ1v) is 7.89. The molecule has 0 radical (unpaired) electrons. The third-order valence-electron chi connectivity index (χ3n) is 4.12. The van der Waals surface area contributed by atoms with E-state index in [1.807, 2.05) is 0 Å². The predicted octanol–water partition coefficient (Wildman–Crippen LogP) is 2.88. The van der Waals surface area contributed by atoms with Crippen LogP contribution in [0.5, 0.6) is 0 Å². The Kier molecular flexibility index (Phi) is 4.34. The van der Waals surface area contributed by atoms with Crippen molar-refractivity contribution < 1.29 is 4.52 Å². The van der Waals surface area contributed by atoms with Crippen molar-refractivity contribution in [3.63, 3.8) is 0 Å². The second-order valence-electron chi connectivity index (χ2n) is 5.98. The monoisotopic (exact) mass is 285 g/mol. The third-order valence-corrected chi connectivity index (χ3v) is 4.12. The smallest absolute Gasteiger partial charge is 0.228 e. The molecule has 2 aromatic rings. The molecule has 1 aliphatic carbocycles. The molecule has 0 aliphatic heterocycles. The Labute approximate surface area is 126 Å². The average molecular weight is 285 g/mol. The van der Waals surface area contributed by atoms with Gasteiger partial charge in [-0.15, -0.1) is 0 Å². The molecule has 1 heterocycles. The molecule has 1 N–H and O–H groups in total. The van der Waals surface area contributed by atoms with Crippen molar-refractivity contribution in [2.45, 2.75) is 51.5 Å². The third kappa shape index (κ3) is 3.32. The number of benzene rings is 1. The molecule has 1 aromatic carbocycles. The van der Waals surface area contributed by atoms with E-state index < -0.39 is 0 Å². The van der Waals surface area contributed by atoms with E-state index in [0.29, 0.717) is 12.0 Å². The minimum atomic E-state index is 0.374. The van der Waals surface area contributed by atoms with E-state index in [1.54, 1.807) is 0 Å². The molecule has 0 saturated heterocycles. The fraction of sp³-hybridized carbons (Fsp3) is 0.529. The van der Waals surface area contributed by atoms with Gasteiger partial charge in [0.2, 0.25) is 5.89 Å². The summed E-state index contributed by atoms with van der Waals surface area (Å²) in [5, 5.41) is 7.65. The molecule has 1 atom stereocenters. The quantitative estimate of drug-likeness (QED) is 0.886. The molecule has 0 fully saturated rings. The summed E-state index contributed by atoms with van der Waals surface area (Å²) in [5.41, 5.74) is 2.85. The molecule has 0 amide bonds. The van der Waals surface area contributed by atoms with Gasteiger partial charge >= 0.3 is 0 Å². The Balaban J connectivity index is 1.61. The second kappa shape index (κ2) is 6.39. The van der Waals surface area contributed by atoms with Gasteiger partial charge in [-0.3, -0.25) is 0 Å². The number of hydrogen-bond donors (Lipinski definition) is 1. The van der Waals surface area contributed by atoms with Crippen LogP contribution >= 0.6 is 0 Å². The summed E-state index contributed by atoms with van der Waals surface area (Å²) in [4.78, 5) is 4.61. The van der Waals surface area contributed by atoms with Crippen LogP contribution in [0, 0.1) is 0 Å². The maximum atomic E-state index is 5.43. The van der Waals surface area contributed by atoms with Gasteiger partial charge in [0, 0.05) is 18.4 Å². The fourth-order valence-electron chi connectivity index (χ4n) is 2.98. The van der Waals surface area contributed by atoms with E-state index >= 15 is 0 Å². The van der Waals surface area contributed by atoms with Gasteiger partial charge in [0.1, 0.15) is 0 Å². The molecule has 21 heavy (non-hydrogen) atoms. The molecule has 3 rings (SSSR count). The first-order valence-electron chi connectivity index (χ1n) is 7.89. The summed E-state index contributed by atoms with van der Waals surface area (Å²) in [6.45, 7) is 5.35. The highest BCUT2D eigenvalue weighted by molar-refractivity contribution is 5.34. The lowest BCUT2D eigenvalue weighted by molar-refractivity contribution is 0.355. The summed E-state index contributed by atoms with van der Waals surface area (Å²) in [7, 11) is 0. The highest BCUT2D eigenvalue weighted by atomic mass is 16.5. The minimum Gasteiger partial charge on any atom is -0.339 e. The molecule has 0 saturated carbocycles. The maximum absolute atomic E-state index is 5.43. The molecule has 112 valence electrons. The van der Waals surface area contributed by atoms with E-state index in [9.17, 15) is 0 Å². The lowest BCUT2D eigenvalue weighted by Crippen LogP contribution is -2.28. The van der Waals surface area contributed by atoms with E-state index in [2.05, 4.69) is 53.6 Å². The Morgan fingerprint density at radius 1 is 1.29 bits per heavy atom. The zero-order valence-electron chi connectivity index (χ0n) is 12.8. The Hall–Kier alpha value is -1.68. The van der Waals surface area contributed by atoms with Crippen molar-refractivity contribution in [3.05, 3.63) is 47.1 Å². The Morgan fingerprint density at radius 3 is 2.67 bits per heavy atom. The van der Waals surface area contributed by atoms with Gasteiger partial charge in [-0.2, -0.15) is 4.98 Å². The van der Waals surface area contributed by atoms with Crippen LogP contribution < -0.4 is 5.32 Å². The highest BCUT2D eigenvalue weighted by Gasteiger charge is 2.26. The van der Waals surface area contributed by atoms with Crippen molar-refractivity contribution >= 4 is 0 Å². The van der Waals surface area contributed by atoms with E-state index in [1.165, 1.54) is 11.1 Å². The molecule has 1 aliphatic rings. The SMILES string of the molecule is CCCNC(C)Cc1nc(C2Cc3ccccc3C2)no1. The topological polar surface area (TPSA) is 51.0 Å². The van der Waals surface area contributed by atoms with Crippen molar-refractivity contribution in [2.24, 2.45) is 0 Å². The molecule has 4 heteroatoms. The summed E-state index contributed by atoms with van der Waals surface area (Å²) >= 11 is 0. The van der Waals surface area contributed by atoms with Gasteiger partial charge in [-0.25, -0.2) is 0 Å². The van der Waals surface area contributed by atoms with Crippen molar-refractivity contribution in [2.75, 3.05) is 6.54 Å². The first kappa shape index (κ1) is 14.3. The molecular formula is C17H23N3O. The number of rotatable bonds is 6. The summed E-state index contributed by atoms with van der Waals surface area (Å²) < 4.78 is 5.43. The zero-order valence-corrected chi connectivity index (χ0v) is 12.8. The fourth-order valence-corrected chi connectivity index (χ4v) is 2.98. The highest BCUT2D eigenvalue weighted by Crippen LogP contribution is 2.32. The van der Waals surface area contributed by atoms with Gasteiger partial charge in [0.25, 0.3) is 0 Å². The standard InChI is InChI=1S/C17H23N3O/c1-3-8-18-12(2)9-16-19-17(20-21-16)15-10-13-6-4-5-7-14(13)11-15/h4-7,12,15,18H,3,8-11H2,1-2H3. The van der Waals surface area contributed by atoms with Crippen LogP contribution in [0.25, 0.3) is 0 Å². The summed E-state index contributed by atoms with van der Waals surface area (Å²) in [5.74, 6) is 1.99. The lowest BCUT2D eigenvalue weighted by Gasteiger charge is -2.09. The largest absolute Gasteiger partial charge is 0.339 e. The van der Waals surface area contributed by atoms with Crippen LogP contribution in [0.1, 0.15) is 49.0 Å². The van der Waals surface area contributed by atoms with Gasteiger partial charge in [-0.05, 0) is 43.9 Å². The number of aromatic nitrogens is 2. The number of hydrogen-bond acceptors (Lipinski definition) is 4. The minimum absolute atomic E-state index is 0.374. The van der Waals surface area contributed by atoms with Gasteiger partial charge in [0.15, 0.2) is 5.82 Å². The molecule has 0 bridgehead atoms. The van der Waals surface area contributed by atoms with Crippen LogP contribution in [0.15, 0.2) is 28.8 Å². The van der Waals surface area contributed by atoms with Crippen LogP contribution in [-0.4, -0.2) is 22.7 Å². The van der Waals surface area contributed by atoms with E-state index in [0.717, 1.165) is 43.9 Å². The van der Waals surface area contributed by atoms with E-state index in [4.69, 9.17) is 4.52 Å². The van der Waals surface area contributed by atoms with Gasteiger partial charge in [0.05, 0.1) is 0 Å². The number of nitrogens with zero attached hydrogens (tertiary/aromatic N) is 2. The normalized spacial score (nSPS) is 16.1. The number of nitrogens with one attached hydrogen (secondary N) is 1. The molecule has 1 unspecified atom stereocenters. The van der Waals surface area contributed by atoms with Crippen LogP contribution in [0.2, 0.25) is 0 Å².